The number of hydrogen-bond acceptors (Lipinski definition) is 4. The first-order valence-corrected chi connectivity index (χ1v) is 4.63. The van der Waals surface area contributed by atoms with Crippen LogP contribution in [0.3, 0.4) is 0 Å². The third-order valence-electron chi connectivity index (χ3n) is 1.35. The quantitative estimate of drug-likeness (QED) is 0.321. The molecule has 1 aromatic heterocycles. The molecule has 0 aliphatic heterocycles. The average molecular weight is 263 g/mol. The number of hydrogen-bond donors (Lipinski definition) is 2. The Morgan fingerprint density at radius 1 is 1.50 bits per heavy atom. The molecule has 0 aromatic carbocycles. The van der Waals surface area contributed by atoms with E-state index in [4.69, 9.17) is 17.0 Å². The molecule has 0 unspecified atom stereocenters. The maximum absolute atomic E-state index is 11.3. The molecule has 0 aliphatic carbocycles. The molecule has 5 nitrogen and oxygen atoms in total. The minimum Gasteiger partial charge on any atom is -1.00 e. The van der Waals surface area contributed by atoms with Crippen molar-refractivity contribution >= 4 is 18.2 Å². The molecule has 0 aliphatic rings. The molecule has 0 atom stereocenters. The van der Waals surface area contributed by atoms with Crippen LogP contribution >= 0.6 is 12.2 Å². The zero-order chi connectivity index (χ0) is 10.8. The van der Waals surface area contributed by atoms with Gasteiger partial charge in [0.2, 0.25) is 0 Å². The standard InChI is InChI=1S/C8H13N3O2S.2Na.2H/c1-8(2,3)13-6(12)4-5-7(14)10-11-9-5;;;;/h4H2,1-3H3,(H2,9,10,11,14);;;;/q;2*+1;2*-1. The fourth-order valence-electron chi connectivity index (χ4n) is 0.903. The predicted octanol–water partition coefficient (Wildman–Crippen LogP) is -4.42. The van der Waals surface area contributed by atoms with Crippen molar-refractivity contribution in [2.45, 2.75) is 32.8 Å². The molecule has 1 rings (SSSR count). The van der Waals surface area contributed by atoms with Crippen molar-refractivity contribution in [3.05, 3.63) is 10.3 Å². The van der Waals surface area contributed by atoms with Crippen LogP contribution in [-0.2, 0) is 16.0 Å². The van der Waals surface area contributed by atoms with Crippen LogP contribution in [0.4, 0.5) is 0 Å². The fourth-order valence-corrected chi connectivity index (χ4v) is 1.07. The van der Waals surface area contributed by atoms with Gasteiger partial charge < -0.3 is 7.59 Å². The summed E-state index contributed by atoms with van der Waals surface area (Å²) < 4.78 is 5.55. The van der Waals surface area contributed by atoms with Gasteiger partial charge in [0.15, 0.2) is 0 Å². The van der Waals surface area contributed by atoms with E-state index in [0.717, 1.165) is 0 Å². The summed E-state index contributed by atoms with van der Waals surface area (Å²) in [6, 6.07) is 0. The van der Waals surface area contributed by atoms with Crippen molar-refractivity contribution in [3.8, 4) is 0 Å². The van der Waals surface area contributed by atoms with Crippen LogP contribution < -0.4 is 59.1 Å². The van der Waals surface area contributed by atoms with Crippen molar-refractivity contribution in [2.75, 3.05) is 0 Å². The van der Waals surface area contributed by atoms with Crippen LogP contribution in [0.1, 0.15) is 29.3 Å². The molecule has 0 radical (unpaired) electrons. The molecule has 1 heterocycles. The first kappa shape index (κ1) is 19.2. The summed E-state index contributed by atoms with van der Waals surface area (Å²) >= 11 is 4.89. The van der Waals surface area contributed by atoms with Gasteiger partial charge in [0.05, 0.1) is 6.42 Å². The second-order valence-electron chi connectivity index (χ2n) is 3.89. The average Bonchev–Trinajstić information content (AvgIpc) is 2.32. The largest absolute Gasteiger partial charge is 1.00 e. The van der Waals surface area contributed by atoms with Gasteiger partial charge in [-0.15, -0.1) is 0 Å². The zero-order valence-corrected chi connectivity index (χ0v) is 15.2. The van der Waals surface area contributed by atoms with Crippen LogP contribution in [0.5, 0.6) is 0 Å². The van der Waals surface area contributed by atoms with E-state index in [1.165, 1.54) is 0 Å². The summed E-state index contributed by atoms with van der Waals surface area (Å²) in [6.45, 7) is 5.45. The Labute approximate surface area is 147 Å². The molecule has 0 bridgehead atoms. The van der Waals surface area contributed by atoms with Crippen LogP contribution in [0.2, 0.25) is 0 Å². The summed E-state index contributed by atoms with van der Waals surface area (Å²) in [5.74, 6) is -0.330. The van der Waals surface area contributed by atoms with Crippen LogP contribution in [-0.4, -0.2) is 27.0 Å². The number of carbonyl (C=O) groups excluding carboxylic acids is 1. The first-order chi connectivity index (χ1) is 6.38. The summed E-state index contributed by atoms with van der Waals surface area (Å²) in [5.41, 5.74) is 0.0351. The third kappa shape index (κ3) is 7.21. The van der Waals surface area contributed by atoms with Crippen molar-refractivity contribution < 1.29 is 71.5 Å². The van der Waals surface area contributed by atoms with E-state index >= 15 is 0 Å². The minimum absolute atomic E-state index is 0. The zero-order valence-electron chi connectivity index (χ0n) is 12.4. The molecule has 2 N–H and O–H groups in total. The Morgan fingerprint density at radius 2 is 2.06 bits per heavy atom. The normalized spacial score (nSPS) is 9.94. The second kappa shape index (κ2) is 8.02. The summed E-state index contributed by atoms with van der Waals surface area (Å²) in [5, 5.41) is 8.89. The van der Waals surface area contributed by atoms with Gasteiger partial charge in [0, 0.05) is 0 Å². The summed E-state index contributed by atoms with van der Waals surface area (Å²) in [6.07, 6.45) is 0.0934. The van der Waals surface area contributed by atoms with Gasteiger partial charge in [-0.1, -0.05) is 12.2 Å². The molecule has 0 spiro atoms. The molecule has 0 saturated heterocycles. The number of nitrogens with zero attached hydrogens (tertiary/aromatic N) is 1. The van der Waals surface area contributed by atoms with E-state index in [2.05, 4.69) is 15.4 Å². The van der Waals surface area contributed by atoms with E-state index in [0.29, 0.717) is 10.3 Å². The van der Waals surface area contributed by atoms with Crippen molar-refractivity contribution in [3.63, 3.8) is 0 Å². The van der Waals surface area contributed by atoms with Gasteiger partial charge in [-0.3, -0.25) is 9.89 Å². The van der Waals surface area contributed by atoms with E-state index < -0.39 is 5.60 Å². The smallest absolute Gasteiger partial charge is 1.00 e. The molecule has 0 saturated carbocycles. The van der Waals surface area contributed by atoms with Gasteiger partial charge in [0.25, 0.3) is 0 Å². The maximum Gasteiger partial charge on any atom is 1.00 e. The van der Waals surface area contributed by atoms with Gasteiger partial charge in [-0.05, 0) is 20.8 Å². The Kier molecular flexibility index (Phi) is 9.62. The molecule has 0 amide bonds. The third-order valence-corrected chi connectivity index (χ3v) is 1.69. The van der Waals surface area contributed by atoms with Gasteiger partial charge >= 0.3 is 65.1 Å². The number of aromatic amines is 2. The van der Waals surface area contributed by atoms with Gasteiger partial charge in [0.1, 0.15) is 15.9 Å². The van der Waals surface area contributed by atoms with Crippen LogP contribution in [0.25, 0.3) is 0 Å². The molecule has 82 valence electrons. The van der Waals surface area contributed by atoms with Gasteiger partial charge in [-0.25, -0.2) is 5.21 Å². The number of ether oxygens (including phenoxy) is 1. The number of rotatable bonds is 2. The maximum atomic E-state index is 11.3. The van der Waals surface area contributed by atoms with E-state index in [1.807, 2.05) is 20.8 Å². The van der Waals surface area contributed by atoms with E-state index in [9.17, 15) is 4.79 Å². The number of esters is 1. The molecule has 1 aromatic rings. The summed E-state index contributed by atoms with van der Waals surface area (Å²) in [4.78, 5) is 11.3. The van der Waals surface area contributed by atoms with E-state index in [-0.39, 0.29) is 74.4 Å². The summed E-state index contributed by atoms with van der Waals surface area (Å²) in [7, 11) is 0. The van der Waals surface area contributed by atoms with Crippen molar-refractivity contribution in [1.82, 2.24) is 15.4 Å². The Bertz CT molecular complexity index is 392. The topological polar surface area (TPSA) is 70.8 Å². The fraction of sp³-hybridized carbons (Fsp3) is 0.625. The van der Waals surface area contributed by atoms with Crippen molar-refractivity contribution in [2.24, 2.45) is 0 Å². The minimum atomic E-state index is -0.473. The van der Waals surface area contributed by atoms with Crippen LogP contribution in [0, 0.1) is 4.64 Å². The molecule has 16 heavy (non-hydrogen) atoms. The monoisotopic (exact) mass is 263 g/mol. The predicted molar refractivity (Wildman–Crippen MR) is 55.5 cm³/mol. The van der Waals surface area contributed by atoms with E-state index in [1.54, 1.807) is 0 Å². The molecule has 8 heteroatoms. The number of H-pyrrole nitrogens is 2. The first-order valence-electron chi connectivity index (χ1n) is 4.22. The molecular formula is C8H15N3Na2O2S. The van der Waals surface area contributed by atoms with Crippen molar-refractivity contribution in [1.29, 1.82) is 0 Å². The molecular weight excluding hydrogens is 248 g/mol. The SMILES string of the molecule is CC(C)(C)OC(=O)Cc1n[nH][nH]c1=S.[H-].[H-].[Na+].[Na+]. The van der Waals surface area contributed by atoms with Crippen LogP contribution in [0.15, 0.2) is 0 Å². The Hall–Kier alpha value is 0.830. The number of aromatic nitrogens is 3. The second-order valence-corrected chi connectivity index (χ2v) is 4.30. The number of nitrogens with one attached hydrogen (secondary N) is 2. The molecule has 0 fully saturated rings. The Morgan fingerprint density at radius 3 is 2.44 bits per heavy atom. The van der Waals surface area contributed by atoms with Gasteiger partial charge in [-0.2, -0.15) is 5.10 Å². The Balaban J connectivity index is -0.000000245. The number of carbonyl (C=O) groups is 1.